The van der Waals surface area contributed by atoms with Crippen LogP contribution < -0.4 is 10.9 Å². The van der Waals surface area contributed by atoms with Crippen molar-refractivity contribution in [1.82, 2.24) is 19.8 Å². The fraction of sp³-hybridized carbons (Fsp3) is 0.625. The quantitative estimate of drug-likeness (QED) is 0.741. The Bertz CT molecular complexity index is 1070. The van der Waals surface area contributed by atoms with Crippen LogP contribution in [0, 0.1) is 5.41 Å². The molecule has 4 heterocycles. The lowest BCUT2D eigenvalue weighted by molar-refractivity contribution is -0.127. The number of aromatic nitrogens is 2. The summed E-state index contributed by atoms with van der Waals surface area (Å²) in [5.41, 5.74) is 0.0323. The van der Waals surface area contributed by atoms with Crippen molar-refractivity contribution in [2.75, 3.05) is 19.8 Å². The van der Waals surface area contributed by atoms with Crippen molar-refractivity contribution in [2.45, 2.75) is 70.6 Å². The highest BCUT2D eigenvalue weighted by atomic mass is 16.5. The predicted octanol–water partition coefficient (Wildman–Crippen LogP) is 2.27. The highest BCUT2D eigenvalue weighted by Gasteiger charge is 2.41. The Morgan fingerprint density at radius 3 is 2.66 bits per heavy atom. The molecule has 2 aromatic heterocycles. The molecule has 1 amide bonds. The summed E-state index contributed by atoms with van der Waals surface area (Å²) in [5, 5.41) is 14.3. The van der Waals surface area contributed by atoms with E-state index in [4.69, 9.17) is 4.74 Å². The molecular weight excluding hydrogens is 408 g/mol. The first-order chi connectivity index (χ1) is 15.3. The molecule has 1 saturated carbocycles. The van der Waals surface area contributed by atoms with E-state index in [0.29, 0.717) is 36.2 Å². The van der Waals surface area contributed by atoms with Crippen LogP contribution in [-0.4, -0.2) is 63.3 Å². The fourth-order valence-electron chi connectivity index (χ4n) is 5.47. The first kappa shape index (κ1) is 21.4. The molecule has 8 nitrogen and oxygen atoms in total. The van der Waals surface area contributed by atoms with Crippen LogP contribution in [0.15, 0.2) is 23.1 Å². The Hall–Kier alpha value is -2.45. The van der Waals surface area contributed by atoms with E-state index >= 15 is 0 Å². The summed E-state index contributed by atoms with van der Waals surface area (Å²) in [6.45, 7) is 7.04. The van der Waals surface area contributed by atoms with Crippen molar-refractivity contribution in [3.05, 3.63) is 34.2 Å². The number of fused-ring (bicyclic) bond motifs is 3. The minimum Gasteiger partial charge on any atom is -0.506 e. The van der Waals surface area contributed by atoms with Gasteiger partial charge in [0.25, 0.3) is 11.5 Å². The highest BCUT2D eigenvalue weighted by molar-refractivity contribution is 6.01. The van der Waals surface area contributed by atoms with E-state index in [1.807, 2.05) is 0 Å². The number of carbonyl (C=O) groups excluding carboxylic acids is 1. The Morgan fingerprint density at radius 2 is 1.97 bits per heavy atom. The predicted molar refractivity (Wildman–Crippen MR) is 121 cm³/mol. The number of aromatic hydroxyl groups is 1. The zero-order valence-corrected chi connectivity index (χ0v) is 18.8. The maximum Gasteiger partial charge on any atom is 0.268 e. The lowest BCUT2D eigenvalue weighted by atomic mass is 9.75. The van der Waals surface area contributed by atoms with Crippen LogP contribution in [0.25, 0.3) is 11.0 Å². The number of pyridine rings is 2. The summed E-state index contributed by atoms with van der Waals surface area (Å²) in [6, 6.07) is 4.24. The number of morpholine rings is 1. The molecule has 2 aliphatic heterocycles. The van der Waals surface area contributed by atoms with E-state index in [1.54, 1.807) is 22.9 Å². The lowest BCUT2D eigenvalue weighted by Gasteiger charge is -2.52. The minimum absolute atomic E-state index is 0.0211. The van der Waals surface area contributed by atoms with Gasteiger partial charge in [-0.05, 0) is 49.7 Å². The summed E-state index contributed by atoms with van der Waals surface area (Å²) in [4.78, 5) is 33.3. The van der Waals surface area contributed by atoms with Crippen LogP contribution in [0.2, 0.25) is 0 Å². The average Bonchev–Trinajstić information content (AvgIpc) is 2.78. The third-order valence-corrected chi connectivity index (χ3v) is 7.58. The molecule has 2 unspecified atom stereocenters. The van der Waals surface area contributed by atoms with Crippen LogP contribution in [0.3, 0.4) is 0 Å². The van der Waals surface area contributed by atoms with Gasteiger partial charge in [0.2, 0.25) is 0 Å². The zero-order valence-electron chi connectivity index (χ0n) is 18.8. The molecule has 3 aliphatic rings. The first-order valence-electron chi connectivity index (χ1n) is 11.7. The molecular formula is C24H32N4O4. The molecule has 3 fully saturated rings. The number of hydrogen-bond acceptors (Lipinski definition) is 6. The van der Waals surface area contributed by atoms with Gasteiger partial charge in [0.1, 0.15) is 17.0 Å². The number of hydrogen-bond donors (Lipinski definition) is 2. The summed E-state index contributed by atoms with van der Waals surface area (Å²) in [7, 11) is 0. The second-order valence-electron chi connectivity index (χ2n) is 10.3. The van der Waals surface area contributed by atoms with Crippen LogP contribution in [-0.2, 0) is 11.3 Å². The number of nitrogens with one attached hydrogen (secondary N) is 1. The van der Waals surface area contributed by atoms with Gasteiger partial charge in [-0.2, -0.15) is 0 Å². The number of nitrogens with zero attached hydrogens (tertiary/aromatic N) is 3. The maximum absolute atomic E-state index is 13.4. The van der Waals surface area contributed by atoms with E-state index in [2.05, 4.69) is 29.0 Å². The molecule has 8 heteroatoms. The van der Waals surface area contributed by atoms with Crippen LogP contribution in [0.4, 0.5) is 0 Å². The smallest absolute Gasteiger partial charge is 0.268 e. The Kier molecular flexibility index (Phi) is 5.45. The van der Waals surface area contributed by atoms with E-state index in [9.17, 15) is 14.7 Å². The topological polar surface area (TPSA) is 96.7 Å². The number of amides is 1. The molecule has 2 N–H and O–H groups in total. The summed E-state index contributed by atoms with van der Waals surface area (Å²) in [5.74, 6) is -0.775. The van der Waals surface area contributed by atoms with Gasteiger partial charge in [-0.25, -0.2) is 4.98 Å². The number of rotatable bonds is 5. The molecule has 0 spiro atoms. The molecule has 2 atom stereocenters. The molecule has 32 heavy (non-hydrogen) atoms. The van der Waals surface area contributed by atoms with Crippen LogP contribution in [0.5, 0.6) is 5.75 Å². The lowest BCUT2D eigenvalue weighted by Crippen LogP contribution is -2.64. The van der Waals surface area contributed by atoms with Crippen LogP contribution >= 0.6 is 0 Å². The van der Waals surface area contributed by atoms with Crippen molar-refractivity contribution >= 4 is 16.9 Å². The molecule has 2 saturated heterocycles. The Balaban J connectivity index is 1.42. The third kappa shape index (κ3) is 3.79. The van der Waals surface area contributed by atoms with Crippen molar-refractivity contribution < 1.29 is 14.6 Å². The van der Waals surface area contributed by atoms with Crippen molar-refractivity contribution in [3.63, 3.8) is 0 Å². The summed E-state index contributed by atoms with van der Waals surface area (Å²) in [6.07, 6.45) is 6.55. The van der Waals surface area contributed by atoms with Crippen LogP contribution in [0.1, 0.15) is 56.3 Å². The van der Waals surface area contributed by atoms with Gasteiger partial charge in [0.15, 0.2) is 0 Å². The standard InChI is InChI=1S/C24H32N4O4/c1-24(2)7-5-15(6-8-24)26-22(30)19-20(29)18-4-3-9-25-21(18)28(23(19)31)11-10-27-16-12-17(27)14-32-13-16/h3-4,9,15-17,29H,5-8,10-14H2,1-2H3,(H,26,30). The number of ether oxygens (including phenoxy) is 1. The van der Waals surface area contributed by atoms with E-state index in [0.717, 1.165) is 45.3 Å². The Morgan fingerprint density at radius 1 is 1.25 bits per heavy atom. The molecule has 2 bridgehead atoms. The zero-order chi connectivity index (χ0) is 22.5. The van der Waals surface area contributed by atoms with Crippen molar-refractivity contribution in [3.8, 4) is 5.75 Å². The van der Waals surface area contributed by atoms with E-state index < -0.39 is 11.5 Å². The third-order valence-electron chi connectivity index (χ3n) is 7.58. The molecule has 0 aromatic carbocycles. The van der Waals surface area contributed by atoms with Crippen molar-refractivity contribution in [2.24, 2.45) is 5.41 Å². The Labute approximate surface area is 187 Å². The molecule has 5 rings (SSSR count). The fourth-order valence-corrected chi connectivity index (χ4v) is 5.47. The van der Waals surface area contributed by atoms with Gasteiger partial charge in [0, 0.05) is 37.4 Å². The second-order valence-corrected chi connectivity index (χ2v) is 10.3. The normalized spacial score (nSPS) is 25.4. The van der Waals surface area contributed by atoms with Gasteiger partial charge in [-0.3, -0.25) is 19.1 Å². The molecule has 172 valence electrons. The van der Waals surface area contributed by atoms with E-state index in [1.165, 1.54) is 0 Å². The minimum atomic E-state index is -0.495. The highest BCUT2D eigenvalue weighted by Crippen LogP contribution is 2.35. The SMILES string of the molecule is CC1(C)CCC(NC(=O)c2c(O)c3cccnc3n(CCN3C4COCC3C4)c2=O)CC1. The average molecular weight is 441 g/mol. The monoisotopic (exact) mass is 440 g/mol. The van der Waals surface area contributed by atoms with Gasteiger partial charge >= 0.3 is 0 Å². The molecule has 2 aromatic rings. The largest absolute Gasteiger partial charge is 0.506 e. The summed E-state index contributed by atoms with van der Waals surface area (Å²) >= 11 is 0. The van der Waals surface area contributed by atoms with E-state index in [-0.39, 0.29) is 22.8 Å². The van der Waals surface area contributed by atoms with Gasteiger partial charge in [-0.1, -0.05) is 13.8 Å². The second kappa shape index (κ2) is 8.15. The van der Waals surface area contributed by atoms with Gasteiger partial charge in [0.05, 0.1) is 18.6 Å². The van der Waals surface area contributed by atoms with Gasteiger partial charge in [-0.15, -0.1) is 0 Å². The maximum atomic E-state index is 13.4. The number of carbonyl (C=O) groups is 1. The summed E-state index contributed by atoms with van der Waals surface area (Å²) < 4.78 is 7.09. The van der Waals surface area contributed by atoms with Gasteiger partial charge < -0.3 is 15.2 Å². The van der Waals surface area contributed by atoms with Crippen molar-refractivity contribution in [1.29, 1.82) is 0 Å². The molecule has 0 radical (unpaired) electrons. The molecule has 1 aliphatic carbocycles. The first-order valence-corrected chi connectivity index (χ1v) is 11.7.